The molecule has 1 aliphatic rings. The molecule has 4 aromatic rings. The number of rotatable bonds is 1. The van der Waals surface area contributed by atoms with Gasteiger partial charge in [-0.1, -0.05) is 84.9 Å². The van der Waals surface area contributed by atoms with Crippen LogP contribution in [-0.2, 0) is 6.42 Å². The van der Waals surface area contributed by atoms with E-state index in [1.54, 1.807) is 0 Å². The third kappa shape index (κ3) is 1.85. The van der Waals surface area contributed by atoms with Gasteiger partial charge in [0.05, 0.1) is 0 Å². The van der Waals surface area contributed by atoms with Crippen LogP contribution in [0.3, 0.4) is 0 Å². The lowest BCUT2D eigenvalue weighted by Gasteiger charge is -2.12. The van der Waals surface area contributed by atoms with Crippen LogP contribution < -0.4 is 0 Å². The molecule has 5 rings (SSSR count). The molecule has 0 spiro atoms. The molecule has 0 fully saturated rings. The van der Waals surface area contributed by atoms with Gasteiger partial charge in [0.1, 0.15) is 0 Å². The van der Waals surface area contributed by atoms with Gasteiger partial charge in [-0.05, 0) is 50.2 Å². The molecule has 0 saturated carbocycles. The van der Waals surface area contributed by atoms with Gasteiger partial charge in [-0.3, -0.25) is 0 Å². The molecule has 1 aliphatic carbocycles. The van der Waals surface area contributed by atoms with Crippen LogP contribution in [0.2, 0.25) is 0 Å². The average Bonchev–Trinajstić information content (AvgIpc) is 3.10. The molecule has 0 unspecified atom stereocenters. The van der Waals surface area contributed by atoms with Gasteiger partial charge < -0.3 is 0 Å². The van der Waals surface area contributed by atoms with E-state index >= 15 is 0 Å². The molecular formula is C23H16. The van der Waals surface area contributed by atoms with Crippen molar-refractivity contribution in [2.24, 2.45) is 0 Å². The van der Waals surface area contributed by atoms with Crippen LogP contribution in [-0.4, -0.2) is 0 Å². The standard InChI is InChI=1S/C23H16/c1-2-9-18-17(6-1)14-15-23-21(18)12-5-13-22(23)20-11-4-8-16-7-3-10-19(16)20/h1-6,8-15H,7H2. The average molecular weight is 292 g/mol. The molecule has 108 valence electrons. The van der Waals surface area contributed by atoms with Crippen molar-refractivity contribution < 1.29 is 0 Å². The Kier molecular flexibility index (Phi) is 2.65. The number of hydrogen-bond acceptors (Lipinski definition) is 0. The molecule has 23 heavy (non-hydrogen) atoms. The van der Waals surface area contributed by atoms with Gasteiger partial charge in [-0.2, -0.15) is 0 Å². The zero-order chi connectivity index (χ0) is 15.2. The van der Waals surface area contributed by atoms with Crippen LogP contribution in [0.25, 0.3) is 38.7 Å². The van der Waals surface area contributed by atoms with Crippen LogP contribution in [0.15, 0.2) is 78.9 Å². The maximum absolute atomic E-state index is 2.27. The lowest BCUT2D eigenvalue weighted by molar-refractivity contribution is 1.31. The van der Waals surface area contributed by atoms with Gasteiger partial charge in [0.2, 0.25) is 0 Å². The van der Waals surface area contributed by atoms with Crippen molar-refractivity contribution in [1.29, 1.82) is 0 Å². The Hall–Kier alpha value is -2.86. The van der Waals surface area contributed by atoms with Gasteiger partial charge >= 0.3 is 0 Å². The van der Waals surface area contributed by atoms with Crippen molar-refractivity contribution in [3.05, 3.63) is 90.0 Å². The highest BCUT2D eigenvalue weighted by Gasteiger charge is 2.13. The molecule has 0 nitrogen and oxygen atoms in total. The van der Waals surface area contributed by atoms with Crippen molar-refractivity contribution in [1.82, 2.24) is 0 Å². The summed E-state index contributed by atoms with van der Waals surface area (Å²) in [6, 6.07) is 26.5. The molecule has 0 amide bonds. The van der Waals surface area contributed by atoms with Gasteiger partial charge in [-0.25, -0.2) is 0 Å². The van der Waals surface area contributed by atoms with E-state index in [0.29, 0.717) is 0 Å². The van der Waals surface area contributed by atoms with Gasteiger partial charge in [-0.15, -0.1) is 0 Å². The van der Waals surface area contributed by atoms with Crippen molar-refractivity contribution >= 4 is 27.6 Å². The first-order valence-electron chi connectivity index (χ1n) is 8.11. The fraction of sp³-hybridized carbons (Fsp3) is 0.0435. The minimum absolute atomic E-state index is 1.05. The Morgan fingerprint density at radius 3 is 2.39 bits per heavy atom. The topological polar surface area (TPSA) is 0 Å². The van der Waals surface area contributed by atoms with Gasteiger partial charge in [0.15, 0.2) is 0 Å². The van der Waals surface area contributed by atoms with Gasteiger partial charge in [0, 0.05) is 0 Å². The summed E-state index contributed by atoms with van der Waals surface area (Å²) in [5, 5.41) is 5.30. The van der Waals surface area contributed by atoms with E-state index in [-0.39, 0.29) is 0 Å². The number of hydrogen-bond donors (Lipinski definition) is 0. The van der Waals surface area contributed by atoms with E-state index in [0.717, 1.165) is 6.42 Å². The molecule has 0 heteroatoms. The number of allylic oxidation sites excluding steroid dienone is 1. The SMILES string of the molecule is C1=Cc2c(cccc2-c2cccc3c2ccc2ccccc23)C1. The van der Waals surface area contributed by atoms with E-state index in [1.165, 1.54) is 43.8 Å². The highest BCUT2D eigenvalue weighted by Crippen LogP contribution is 2.37. The zero-order valence-electron chi connectivity index (χ0n) is 12.8. The fourth-order valence-electron chi connectivity index (χ4n) is 3.80. The summed E-state index contributed by atoms with van der Waals surface area (Å²) in [6.07, 6.45) is 5.58. The molecule has 0 bridgehead atoms. The van der Waals surface area contributed by atoms with Crippen molar-refractivity contribution in [2.45, 2.75) is 6.42 Å². The summed E-state index contributed by atoms with van der Waals surface area (Å²) in [5.74, 6) is 0. The Balaban J connectivity index is 1.89. The molecular weight excluding hydrogens is 276 g/mol. The van der Waals surface area contributed by atoms with Gasteiger partial charge in [0.25, 0.3) is 0 Å². The largest absolute Gasteiger partial charge is 0.0795 e. The fourth-order valence-corrected chi connectivity index (χ4v) is 3.80. The summed E-state index contributed by atoms with van der Waals surface area (Å²) >= 11 is 0. The van der Waals surface area contributed by atoms with Crippen molar-refractivity contribution in [2.75, 3.05) is 0 Å². The van der Waals surface area contributed by atoms with Crippen LogP contribution >= 0.6 is 0 Å². The maximum atomic E-state index is 2.27. The first-order chi connectivity index (χ1) is 11.4. The molecule has 0 radical (unpaired) electrons. The molecule has 0 N–H and O–H groups in total. The summed E-state index contributed by atoms with van der Waals surface area (Å²) in [6.45, 7) is 0. The summed E-state index contributed by atoms with van der Waals surface area (Å²) in [4.78, 5) is 0. The molecule has 0 aromatic heterocycles. The highest BCUT2D eigenvalue weighted by atomic mass is 14.2. The van der Waals surface area contributed by atoms with Crippen LogP contribution in [0, 0.1) is 0 Å². The van der Waals surface area contributed by atoms with Crippen molar-refractivity contribution in [3.8, 4) is 11.1 Å². The molecule has 0 atom stereocenters. The van der Waals surface area contributed by atoms with Crippen LogP contribution in [0.1, 0.15) is 11.1 Å². The number of benzene rings is 4. The first-order valence-corrected chi connectivity index (χ1v) is 8.11. The second kappa shape index (κ2) is 4.82. The Morgan fingerprint density at radius 2 is 1.39 bits per heavy atom. The van der Waals surface area contributed by atoms with Crippen LogP contribution in [0.4, 0.5) is 0 Å². The zero-order valence-corrected chi connectivity index (χ0v) is 12.8. The summed E-state index contributed by atoms with van der Waals surface area (Å²) in [5.41, 5.74) is 5.49. The molecule has 0 heterocycles. The number of fused-ring (bicyclic) bond motifs is 4. The van der Waals surface area contributed by atoms with E-state index in [9.17, 15) is 0 Å². The summed E-state index contributed by atoms with van der Waals surface area (Å²) in [7, 11) is 0. The molecule has 4 aromatic carbocycles. The van der Waals surface area contributed by atoms with E-state index in [4.69, 9.17) is 0 Å². The van der Waals surface area contributed by atoms with E-state index in [1.807, 2.05) is 0 Å². The molecule has 0 saturated heterocycles. The third-order valence-electron chi connectivity index (χ3n) is 4.90. The summed E-state index contributed by atoms with van der Waals surface area (Å²) < 4.78 is 0. The lowest BCUT2D eigenvalue weighted by Crippen LogP contribution is -1.88. The minimum atomic E-state index is 1.05. The minimum Gasteiger partial charge on any atom is -0.0795 e. The second-order valence-electron chi connectivity index (χ2n) is 6.17. The Labute approximate surface area is 135 Å². The molecule has 0 aliphatic heterocycles. The third-order valence-corrected chi connectivity index (χ3v) is 4.90. The van der Waals surface area contributed by atoms with E-state index < -0.39 is 0 Å². The quantitative estimate of drug-likeness (QED) is 0.365. The highest BCUT2D eigenvalue weighted by molar-refractivity contribution is 6.12. The monoisotopic (exact) mass is 292 g/mol. The van der Waals surface area contributed by atoms with Crippen LogP contribution in [0.5, 0.6) is 0 Å². The smallest absolute Gasteiger partial charge is 0.00879 e. The Morgan fingerprint density at radius 1 is 0.565 bits per heavy atom. The maximum Gasteiger partial charge on any atom is -0.00879 e. The second-order valence-corrected chi connectivity index (χ2v) is 6.17. The van der Waals surface area contributed by atoms with Crippen molar-refractivity contribution in [3.63, 3.8) is 0 Å². The predicted octanol–water partition coefficient (Wildman–Crippen LogP) is 6.23. The lowest BCUT2D eigenvalue weighted by atomic mass is 9.91. The Bertz CT molecular complexity index is 1080. The van der Waals surface area contributed by atoms with E-state index in [2.05, 4.69) is 84.9 Å². The normalized spacial score (nSPS) is 12.9. The first kappa shape index (κ1) is 12.7. The predicted molar refractivity (Wildman–Crippen MR) is 99.6 cm³/mol.